The number of nitrogens with two attached hydrogens (primary N) is 1. The van der Waals surface area contributed by atoms with E-state index in [1.807, 2.05) is 38.1 Å². The molecule has 4 N–H and O–H groups in total. The lowest BCUT2D eigenvalue weighted by molar-refractivity contribution is 0.0998. The lowest BCUT2D eigenvalue weighted by Crippen LogP contribution is -2.32. The van der Waals surface area contributed by atoms with Gasteiger partial charge in [0.05, 0.1) is 7.11 Å². The van der Waals surface area contributed by atoms with Crippen LogP contribution in [0.15, 0.2) is 29.3 Å². The summed E-state index contributed by atoms with van der Waals surface area (Å²) in [6, 6.07) is 7.26. The molecule has 0 aliphatic carbocycles. The first kappa shape index (κ1) is 20.1. The Hall–Kier alpha value is -2.26. The van der Waals surface area contributed by atoms with E-state index >= 15 is 0 Å². The SMILES string of the molecule is COc1ccc(CSc2nsc(NC(=O)NCC(C)C)c2C(N)=O)cc1. The number of rotatable bonds is 8. The molecule has 9 heteroatoms. The summed E-state index contributed by atoms with van der Waals surface area (Å²) in [5, 5.41) is 6.26. The number of hydrogen-bond donors (Lipinski definition) is 3. The number of methoxy groups -OCH3 is 1. The number of primary amides is 1. The van der Waals surface area contributed by atoms with Crippen molar-refractivity contribution in [2.45, 2.75) is 24.6 Å². The van der Waals surface area contributed by atoms with Gasteiger partial charge in [0.1, 0.15) is 21.3 Å². The molecule has 2 rings (SSSR count). The fourth-order valence-electron chi connectivity index (χ4n) is 1.99. The van der Waals surface area contributed by atoms with Crippen molar-refractivity contribution in [3.63, 3.8) is 0 Å². The van der Waals surface area contributed by atoms with Gasteiger partial charge < -0.3 is 15.8 Å². The van der Waals surface area contributed by atoms with E-state index in [1.54, 1.807) is 7.11 Å². The molecular weight excluding hydrogens is 372 g/mol. The standard InChI is InChI=1S/C17H22N4O3S2/c1-10(2)8-19-17(23)20-15-13(14(18)22)16(21-26-15)25-9-11-4-6-12(24-3)7-5-11/h4-7,10H,8-9H2,1-3H3,(H2,18,22)(H2,19,20,23). The van der Waals surface area contributed by atoms with Gasteiger partial charge in [-0.2, -0.15) is 4.37 Å². The van der Waals surface area contributed by atoms with E-state index in [9.17, 15) is 9.59 Å². The number of thioether (sulfide) groups is 1. The summed E-state index contributed by atoms with van der Waals surface area (Å²) < 4.78 is 9.40. The smallest absolute Gasteiger partial charge is 0.319 e. The molecule has 0 radical (unpaired) electrons. The lowest BCUT2D eigenvalue weighted by Gasteiger charge is -2.09. The van der Waals surface area contributed by atoms with E-state index in [-0.39, 0.29) is 11.6 Å². The second-order valence-electron chi connectivity index (χ2n) is 5.92. The van der Waals surface area contributed by atoms with E-state index < -0.39 is 5.91 Å². The second-order valence-corrected chi connectivity index (χ2v) is 7.66. The van der Waals surface area contributed by atoms with Crippen LogP contribution in [0.5, 0.6) is 5.75 Å². The summed E-state index contributed by atoms with van der Waals surface area (Å²) in [7, 11) is 1.62. The normalized spacial score (nSPS) is 10.6. The van der Waals surface area contributed by atoms with Crippen molar-refractivity contribution in [1.82, 2.24) is 9.69 Å². The fourth-order valence-corrected chi connectivity index (χ4v) is 3.92. The number of amides is 3. The zero-order valence-corrected chi connectivity index (χ0v) is 16.5. The molecule has 7 nitrogen and oxygen atoms in total. The Balaban J connectivity index is 2.05. The van der Waals surface area contributed by atoms with Crippen molar-refractivity contribution >= 4 is 40.2 Å². The van der Waals surface area contributed by atoms with Crippen molar-refractivity contribution in [1.29, 1.82) is 0 Å². The molecule has 0 saturated carbocycles. The third-order valence-electron chi connectivity index (χ3n) is 3.34. The number of carbonyl (C=O) groups is 2. The monoisotopic (exact) mass is 394 g/mol. The summed E-state index contributed by atoms with van der Waals surface area (Å²) in [5.41, 5.74) is 6.79. The number of anilines is 1. The largest absolute Gasteiger partial charge is 0.497 e. The van der Waals surface area contributed by atoms with Crippen LogP contribution in [0.4, 0.5) is 9.80 Å². The first-order valence-electron chi connectivity index (χ1n) is 8.00. The number of benzene rings is 1. The summed E-state index contributed by atoms with van der Waals surface area (Å²) in [6.45, 7) is 4.53. The first-order chi connectivity index (χ1) is 12.4. The molecule has 0 aliphatic rings. The molecule has 1 aromatic carbocycles. The molecule has 2 aromatic rings. The van der Waals surface area contributed by atoms with Gasteiger partial charge in [-0.25, -0.2) is 4.79 Å². The number of aromatic nitrogens is 1. The zero-order chi connectivity index (χ0) is 19.1. The highest BCUT2D eigenvalue weighted by molar-refractivity contribution is 7.98. The Morgan fingerprint density at radius 1 is 1.31 bits per heavy atom. The number of urea groups is 1. The minimum Gasteiger partial charge on any atom is -0.497 e. The number of nitrogens with one attached hydrogen (secondary N) is 2. The van der Waals surface area contributed by atoms with Crippen LogP contribution in [0, 0.1) is 5.92 Å². The van der Waals surface area contributed by atoms with Crippen LogP contribution >= 0.6 is 23.3 Å². The van der Waals surface area contributed by atoms with Gasteiger partial charge in [0.2, 0.25) is 0 Å². The van der Waals surface area contributed by atoms with Crippen molar-refractivity contribution in [3.05, 3.63) is 35.4 Å². The Morgan fingerprint density at radius 3 is 2.58 bits per heavy atom. The van der Waals surface area contributed by atoms with Crippen LogP contribution in [0.25, 0.3) is 0 Å². The molecule has 1 heterocycles. The molecule has 0 spiro atoms. The van der Waals surface area contributed by atoms with Crippen molar-refractivity contribution in [2.24, 2.45) is 11.7 Å². The van der Waals surface area contributed by atoms with Gasteiger partial charge in [0, 0.05) is 12.3 Å². The average Bonchev–Trinajstić information content (AvgIpc) is 3.01. The molecule has 26 heavy (non-hydrogen) atoms. The average molecular weight is 395 g/mol. The van der Waals surface area contributed by atoms with Crippen molar-refractivity contribution in [3.8, 4) is 5.75 Å². The van der Waals surface area contributed by atoms with Crippen LogP contribution in [-0.2, 0) is 5.75 Å². The Bertz CT molecular complexity index is 760. The summed E-state index contributed by atoms with van der Waals surface area (Å²) >= 11 is 2.44. The Labute approximate surface area is 160 Å². The van der Waals surface area contributed by atoms with Gasteiger partial charge in [0.15, 0.2) is 0 Å². The van der Waals surface area contributed by atoms with Gasteiger partial charge in [0.25, 0.3) is 5.91 Å². The van der Waals surface area contributed by atoms with Crippen LogP contribution in [0.1, 0.15) is 29.8 Å². The summed E-state index contributed by atoms with van der Waals surface area (Å²) in [4.78, 5) is 23.8. The topological polar surface area (TPSA) is 106 Å². The molecule has 0 unspecified atom stereocenters. The molecule has 0 saturated heterocycles. The first-order valence-corrected chi connectivity index (χ1v) is 9.76. The van der Waals surface area contributed by atoms with Gasteiger partial charge in [-0.15, -0.1) is 0 Å². The number of carbonyl (C=O) groups excluding carboxylic acids is 2. The minimum absolute atomic E-state index is 0.244. The van der Waals surface area contributed by atoms with E-state index in [1.165, 1.54) is 11.8 Å². The maximum atomic E-state index is 11.9. The third-order valence-corrected chi connectivity index (χ3v) is 5.26. The van der Waals surface area contributed by atoms with Crippen molar-refractivity contribution < 1.29 is 14.3 Å². The second kappa shape index (κ2) is 9.44. The van der Waals surface area contributed by atoms with Gasteiger partial charge in [-0.1, -0.05) is 37.7 Å². The van der Waals surface area contributed by atoms with E-state index in [0.29, 0.717) is 28.2 Å². The molecule has 3 amide bonds. The predicted octanol–water partition coefficient (Wildman–Crippen LogP) is 3.32. The van der Waals surface area contributed by atoms with Crippen LogP contribution < -0.4 is 21.1 Å². The Morgan fingerprint density at radius 2 is 2.00 bits per heavy atom. The third kappa shape index (κ3) is 5.63. The Kier molecular flexibility index (Phi) is 7.28. The number of ether oxygens (including phenoxy) is 1. The minimum atomic E-state index is -0.616. The molecule has 1 aromatic heterocycles. The van der Waals surface area contributed by atoms with Crippen LogP contribution in [0.3, 0.4) is 0 Å². The van der Waals surface area contributed by atoms with E-state index in [2.05, 4.69) is 15.0 Å². The zero-order valence-electron chi connectivity index (χ0n) is 14.9. The maximum Gasteiger partial charge on any atom is 0.319 e. The summed E-state index contributed by atoms with van der Waals surface area (Å²) in [6.07, 6.45) is 0. The molecular formula is C17H22N4O3S2. The van der Waals surface area contributed by atoms with E-state index in [0.717, 1.165) is 22.8 Å². The predicted molar refractivity (Wildman–Crippen MR) is 105 cm³/mol. The maximum absolute atomic E-state index is 11.9. The van der Waals surface area contributed by atoms with Gasteiger partial charge >= 0.3 is 6.03 Å². The highest BCUT2D eigenvalue weighted by Crippen LogP contribution is 2.33. The number of hydrogen-bond acceptors (Lipinski definition) is 6. The molecule has 0 bridgehead atoms. The summed E-state index contributed by atoms with van der Waals surface area (Å²) in [5.74, 6) is 1.11. The van der Waals surface area contributed by atoms with Gasteiger partial charge in [-0.05, 0) is 35.1 Å². The van der Waals surface area contributed by atoms with Crippen molar-refractivity contribution in [2.75, 3.05) is 19.0 Å². The van der Waals surface area contributed by atoms with Crippen LogP contribution in [-0.4, -0.2) is 30.0 Å². The molecule has 0 atom stereocenters. The quantitative estimate of drug-likeness (QED) is 0.596. The van der Waals surface area contributed by atoms with E-state index in [4.69, 9.17) is 10.5 Å². The lowest BCUT2D eigenvalue weighted by atomic mass is 10.2. The van der Waals surface area contributed by atoms with Crippen LogP contribution in [0.2, 0.25) is 0 Å². The molecule has 0 fully saturated rings. The molecule has 140 valence electrons. The highest BCUT2D eigenvalue weighted by Gasteiger charge is 2.21. The highest BCUT2D eigenvalue weighted by atomic mass is 32.2. The number of nitrogens with zero attached hydrogens (tertiary/aromatic N) is 1. The molecule has 0 aliphatic heterocycles. The van der Waals surface area contributed by atoms with Gasteiger partial charge in [-0.3, -0.25) is 10.1 Å². The fraction of sp³-hybridized carbons (Fsp3) is 0.353.